The van der Waals surface area contributed by atoms with E-state index in [1.54, 1.807) is 12.1 Å². The molecule has 0 spiro atoms. The maximum atomic E-state index is 12.0. The number of nitrogens with one attached hydrogen (secondary N) is 1. The summed E-state index contributed by atoms with van der Waals surface area (Å²) in [5.41, 5.74) is 6.18. The van der Waals surface area contributed by atoms with E-state index in [9.17, 15) is 13.2 Å². The Morgan fingerprint density at radius 2 is 2.17 bits per heavy atom. The third-order valence-electron chi connectivity index (χ3n) is 2.02. The number of alkyl halides is 3. The third kappa shape index (κ3) is 5.42. The molecule has 0 fully saturated rings. The van der Waals surface area contributed by atoms with E-state index in [4.69, 9.17) is 5.73 Å². The number of rotatable bonds is 4. The normalized spacial score (nSPS) is 12.3. The van der Waals surface area contributed by atoms with Crippen LogP contribution < -0.4 is 15.8 Å². The molecule has 0 aliphatic rings. The summed E-state index contributed by atoms with van der Waals surface area (Å²) in [6.45, 7) is -0.936. The molecule has 1 aromatic carbocycles. The van der Waals surface area contributed by atoms with Crippen LogP contribution in [0.15, 0.2) is 29.3 Å². The van der Waals surface area contributed by atoms with Crippen LogP contribution in [-0.2, 0) is 6.54 Å². The summed E-state index contributed by atoms with van der Waals surface area (Å²) in [4.78, 5) is 3.70. The molecule has 0 radical (unpaired) electrons. The number of benzene rings is 1. The van der Waals surface area contributed by atoms with Crippen molar-refractivity contribution >= 4 is 5.96 Å². The fourth-order valence-electron chi connectivity index (χ4n) is 1.18. The molecule has 3 N–H and O–H groups in total. The van der Waals surface area contributed by atoms with Crippen LogP contribution in [0.1, 0.15) is 5.56 Å². The molecule has 0 heterocycles. The zero-order chi connectivity index (χ0) is 13.6. The lowest BCUT2D eigenvalue weighted by atomic mass is 10.2. The summed E-state index contributed by atoms with van der Waals surface area (Å²) in [7, 11) is 1.53. The maximum absolute atomic E-state index is 12.0. The van der Waals surface area contributed by atoms with Gasteiger partial charge in [0.25, 0.3) is 0 Å². The zero-order valence-corrected chi connectivity index (χ0v) is 9.79. The van der Waals surface area contributed by atoms with Gasteiger partial charge in [-0.3, -0.25) is 4.99 Å². The molecule has 0 amide bonds. The van der Waals surface area contributed by atoms with E-state index in [-0.39, 0.29) is 11.7 Å². The molecule has 0 aromatic heterocycles. The first-order valence-corrected chi connectivity index (χ1v) is 5.15. The number of hydrogen-bond donors (Lipinski definition) is 2. The van der Waals surface area contributed by atoms with E-state index in [1.165, 1.54) is 19.2 Å². The maximum Gasteiger partial charge on any atom is 0.422 e. The first-order chi connectivity index (χ1) is 8.40. The summed E-state index contributed by atoms with van der Waals surface area (Å²) in [5, 5.41) is 2.80. The van der Waals surface area contributed by atoms with Crippen molar-refractivity contribution in [3.05, 3.63) is 29.8 Å². The summed E-state index contributed by atoms with van der Waals surface area (Å²) < 4.78 is 40.5. The summed E-state index contributed by atoms with van der Waals surface area (Å²) in [6, 6.07) is 6.34. The molecular formula is C11H14F3N3O. The highest BCUT2D eigenvalue weighted by Crippen LogP contribution is 2.19. The van der Waals surface area contributed by atoms with E-state index in [0.29, 0.717) is 6.54 Å². The predicted molar refractivity (Wildman–Crippen MR) is 62.4 cm³/mol. The average Bonchev–Trinajstić information content (AvgIpc) is 2.33. The van der Waals surface area contributed by atoms with Crippen LogP contribution in [0.25, 0.3) is 0 Å². The molecule has 4 nitrogen and oxygen atoms in total. The SMILES string of the molecule is CN=C(N)NCc1cccc(OCC(F)(F)F)c1. The molecule has 1 aromatic rings. The van der Waals surface area contributed by atoms with E-state index in [1.807, 2.05) is 0 Å². The Hall–Kier alpha value is -1.92. The second-order valence-electron chi connectivity index (χ2n) is 3.51. The molecule has 0 aliphatic carbocycles. The largest absolute Gasteiger partial charge is 0.484 e. The Balaban J connectivity index is 2.57. The van der Waals surface area contributed by atoms with E-state index in [0.717, 1.165) is 5.56 Å². The molecular weight excluding hydrogens is 247 g/mol. The minimum absolute atomic E-state index is 0.165. The van der Waals surface area contributed by atoms with Crippen molar-refractivity contribution in [2.45, 2.75) is 12.7 Å². The van der Waals surface area contributed by atoms with Gasteiger partial charge in [-0.2, -0.15) is 13.2 Å². The lowest BCUT2D eigenvalue weighted by Gasteiger charge is -2.10. The van der Waals surface area contributed by atoms with Crippen molar-refractivity contribution in [3.8, 4) is 5.75 Å². The molecule has 0 aliphatic heterocycles. The smallest absolute Gasteiger partial charge is 0.422 e. The topological polar surface area (TPSA) is 59.6 Å². The molecule has 0 bridgehead atoms. The Kier molecular flexibility index (Phi) is 4.82. The van der Waals surface area contributed by atoms with E-state index < -0.39 is 12.8 Å². The van der Waals surface area contributed by atoms with Crippen LogP contribution >= 0.6 is 0 Å². The fraction of sp³-hybridized carbons (Fsp3) is 0.364. The van der Waals surface area contributed by atoms with Crippen molar-refractivity contribution in [2.24, 2.45) is 10.7 Å². The molecule has 0 saturated heterocycles. The van der Waals surface area contributed by atoms with Gasteiger partial charge in [0.15, 0.2) is 12.6 Å². The van der Waals surface area contributed by atoms with Gasteiger partial charge in [-0.15, -0.1) is 0 Å². The van der Waals surface area contributed by atoms with Crippen LogP contribution in [0.2, 0.25) is 0 Å². The van der Waals surface area contributed by atoms with Gasteiger partial charge in [-0.05, 0) is 17.7 Å². The van der Waals surface area contributed by atoms with Crippen LogP contribution in [0.3, 0.4) is 0 Å². The van der Waals surface area contributed by atoms with Crippen molar-refractivity contribution < 1.29 is 17.9 Å². The van der Waals surface area contributed by atoms with Gasteiger partial charge >= 0.3 is 6.18 Å². The second-order valence-corrected chi connectivity index (χ2v) is 3.51. The lowest BCUT2D eigenvalue weighted by molar-refractivity contribution is -0.153. The number of halogens is 3. The highest BCUT2D eigenvalue weighted by molar-refractivity contribution is 5.77. The van der Waals surface area contributed by atoms with Crippen LogP contribution in [-0.4, -0.2) is 25.8 Å². The Morgan fingerprint density at radius 1 is 1.44 bits per heavy atom. The van der Waals surface area contributed by atoms with Crippen molar-refractivity contribution in [3.63, 3.8) is 0 Å². The number of nitrogens with two attached hydrogens (primary N) is 1. The quantitative estimate of drug-likeness (QED) is 0.640. The standard InChI is InChI=1S/C11H14F3N3O/c1-16-10(15)17-6-8-3-2-4-9(5-8)18-7-11(12,13)14/h2-5H,6-7H2,1H3,(H3,15,16,17). The van der Waals surface area contributed by atoms with Gasteiger partial charge in [0.1, 0.15) is 5.75 Å². The second kappa shape index (κ2) is 6.13. The van der Waals surface area contributed by atoms with Gasteiger partial charge in [0.05, 0.1) is 0 Å². The van der Waals surface area contributed by atoms with Crippen LogP contribution in [0.4, 0.5) is 13.2 Å². The Labute approximate surface area is 103 Å². The lowest BCUT2D eigenvalue weighted by Crippen LogP contribution is -2.30. The fourth-order valence-corrected chi connectivity index (χ4v) is 1.18. The highest BCUT2D eigenvalue weighted by atomic mass is 19.4. The summed E-state index contributed by atoms with van der Waals surface area (Å²) in [6.07, 6.45) is -4.34. The molecule has 1 rings (SSSR count). The van der Waals surface area contributed by atoms with Gasteiger partial charge in [-0.1, -0.05) is 12.1 Å². The molecule has 100 valence electrons. The first kappa shape index (κ1) is 14.1. The zero-order valence-electron chi connectivity index (χ0n) is 9.79. The van der Waals surface area contributed by atoms with Gasteiger partial charge in [-0.25, -0.2) is 0 Å². The van der Waals surface area contributed by atoms with E-state index in [2.05, 4.69) is 15.0 Å². The van der Waals surface area contributed by atoms with Crippen molar-refractivity contribution in [1.29, 1.82) is 0 Å². The Morgan fingerprint density at radius 3 is 2.78 bits per heavy atom. The van der Waals surface area contributed by atoms with Crippen LogP contribution in [0, 0.1) is 0 Å². The summed E-state index contributed by atoms with van der Waals surface area (Å²) >= 11 is 0. The molecule has 7 heteroatoms. The highest BCUT2D eigenvalue weighted by Gasteiger charge is 2.28. The van der Waals surface area contributed by atoms with E-state index >= 15 is 0 Å². The number of guanidine groups is 1. The minimum atomic E-state index is -4.34. The van der Waals surface area contributed by atoms with Gasteiger partial charge in [0.2, 0.25) is 0 Å². The van der Waals surface area contributed by atoms with Crippen molar-refractivity contribution in [1.82, 2.24) is 5.32 Å². The monoisotopic (exact) mass is 261 g/mol. The average molecular weight is 261 g/mol. The third-order valence-corrected chi connectivity index (χ3v) is 2.02. The molecule has 0 atom stereocenters. The van der Waals surface area contributed by atoms with Crippen LogP contribution in [0.5, 0.6) is 5.75 Å². The number of aliphatic imine (C=N–C) groups is 1. The molecule has 0 unspecified atom stereocenters. The van der Waals surface area contributed by atoms with Gasteiger partial charge in [0, 0.05) is 13.6 Å². The number of ether oxygens (including phenoxy) is 1. The van der Waals surface area contributed by atoms with Gasteiger partial charge < -0.3 is 15.8 Å². The Bertz CT molecular complexity index is 418. The van der Waals surface area contributed by atoms with Crippen molar-refractivity contribution in [2.75, 3.05) is 13.7 Å². The molecule has 18 heavy (non-hydrogen) atoms. The predicted octanol–water partition coefficient (Wildman–Crippen LogP) is 1.66. The number of nitrogens with zero attached hydrogens (tertiary/aromatic N) is 1. The number of hydrogen-bond acceptors (Lipinski definition) is 2. The molecule has 0 saturated carbocycles. The summed E-state index contributed by atoms with van der Waals surface area (Å²) in [5.74, 6) is 0.426. The minimum Gasteiger partial charge on any atom is -0.484 e. The first-order valence-electron chi connectivity index (χ1n) is 5.15.